The molecule has 1 aromatic carbocycles. The molecule has 0 aromatic heterocycles. The van der Waals surface area contributed by atoms with Crippen molar-refractivity contribution in [3.05, 3.63) is 42.0 Å². The van der Waals surface area contributed by atoms with Gasteiger partial charge in [0.25, 0.3) is 0 Å². The van der Waals surface area contributed by atoms with Crippen molar-refractivity contribution < 1.29 is 13.2 Å². The maximum Gasteiger partial charge on any atom is 0.240 e. The molecule has 4 N–H and O–H groups in total. The highest BCUT2D eigenvalue weighted by Crippen LogP contribution is 2.14. The van der Waals surface area contributed by atoms with Crippen molar-refractivity contribution in [3.63, 3.8) is 0 Å². The van der Waals surface area contributed by atoms with E-state index in [1.165, 1.54) is 0 Å². The number of guanidine groups is 1. The van der Waals surface area contributed by atoms with Crippen molar-refractivity contribution in [2.45, 2.75) is 37.3 Å². The van der Waals surface area contributed by atoms with Crippen LogP contribution in [-0.2, 0) is 21.3 Å². The number of rotatable bonds is 8. The molecule has 2 rings (SSSR count). The Morgan fingerprint density at radius 3 is 2.65 bits per heavy atom. The van der Waals surface area contributed by atoms with Crippen molar-refractivity contribution in [2.75, 3.05) is 19.7 Å². The van der Waals surface area contributed by atoms with Gasteiger partial charge in [0.15, 0.2) is 5.96 Å². The maximum atomic E-state index is 12.3. The van der Waals surface area contributed by atoms with Gasteiger partial charge in [-0.05, 0) is 37.5 Å². The zero-order valence-electron chi connectivity index (χ0n) is 14.9. The molecule has 7 nitrogen and oxygen atoms in total. The lowest BCUT2D eigenvalue weighted by Gasteiger charge is -2.11. The molecular formula is C17H27IN4O3S. The van der Waals surface area contributed by atoms with Crippen LogP contribution in [0.25, 0.3) is 0 Å². The van der Waals surface area contributed by atoms with Gasteiger partial charge in [0.2, 0.25) is 10.0 Å². The number of sulfonamides is 1. The molecule has 1 aliphatic heterocycles. The van der Waals surface area contributed by atoms with E-state index in [0.29, 0.717) is 32.2 Å². The third-order valence-corrected chi connectivity index (χ3v) is 5.20. The van der Waals surface area contributed by atoms with Crippen molar-refractivity contribution >= 4 is 40.0 Å². The molecule has 0 spiro atoms. The predicted octanol–water partition coefficient (Wildman–Crippen LogP) is 1.74. The first-order valence-electron chi connectivity index (χ1n) is 8.25. The summed E-state index contributed by atoms with van der Waals surface area (Å²) in [5.41, 5.74) is 7.58. The molecule has 1 aromatic rings. The highest BCUT2D eigenvalue weighted by atomic mass is 127. The van der Waals surface area contributed by atoms with Crippen molar-refractivity contribution in [1.82, 2.24) is 10.0 Å². The van der Waals surface area contributed by atoms with Crippen LogP contribution in [0.1, 0.15) is 25.3 Å². The Labute approximate surface area is 172 Å². The number of nitrogens with one attached hydrogen (secondary N) is 2. The topological polar surface area (TPSA) is 106 Å². The number of ether oxygens (including phenoxy) is 1. The summed E-state index contributed by atoms with van der Waals surface area (Å²) in [6.45, 7) is 7.62. The van der Waals surface area contributed by atoms with E-state index in [1.54, 1.807) is 24.3 Å². The van der Waals surface area contributed by atoms with E-state index in [-0.39, 0.29) is 35.0 Å². The number of hydrogen-bond acceptors (Lipinski definition) is 4. The van der Waals surface area contributed by atoms with Crippen LogP contribution in [0.2, 0.25) is 0 Å². The van der Waals surface area contributed by atoms with Crippen LogP contribution in [0.4, 0.5) is 0 Å². The fraction of sp³-hybridized carbons (Fsp3) is 0.471. The third kappa shape index (κ3) is 7.60. The van der Waals surface area contributed by atoms with Gasteiger partial charge in [0.05, 0.1) is 17.5 Å². The van der Waals surface area contributed by atoms with E-state index in [0.717, 1.165) is 24.0 Å². The number of nitrogens with zero attached hydrogens (tertiary/aromatic N) is 1. The van der Waals surface area contributed by atoms with Gasteiger partial charge in [-0.25, -0.2) is 18.1 Å². The molecule has 0 bridgehead atoms. The smallest absolute Gasteiger partial charge is 0.240 e. The van der Waals surface area contributed by atoms with Gasteiger partial charge in [0, 0.05) is 19.7 Å². The van der Waals surface area contributed by atoms with Gasteiger partial charge in [-0.2, -0.15) is 0 Å². The minimum absolute atomic E-state index is 0. The Morgan fingerprint density at radius 2 is 2.08 bits per heavy atom. The fourth-order valence-electron chi connectivity index (χ4n) is 2.34. The molecule has 1 saturated heterocycles. The van der Waals surface area contributed by atoms with E-state index in [9.17, 15) is 8.42 Å². The summed E-state index contributed by atoms with van der Waals surface area (Å²) >= 11 is 0. The van der Waals surface area contributed by atoms with Crippen LogP contribution in [0.3, 0.4) is 0 Å². The van der Waals surface area contributed by atoms with Crippen LogP contribution >= 0.6 is 24.0 Å². The number of benzene rings is 1. The molecule has 26 heavy (non-hydrogen) atoms. The molecule has 0 amide bonds. The number of hydrogen-bond donors (Lipinski definition) is 3. The Bertz CT molecular complexity index is 714. The monoisotopic (exact) mass is 494 g/mol. The summed E-state index contributed by atoms with van der Waals surface area (Å²) in [6.07, 6.45) is 1.84. The largest absolute Gasteiger partial charge is 0.377 e. The maximum absolute atomic E-state index is 12.3. The number of halogens is 1. The Balaban J connectivity index is 0.00000338. The normalized spacial score (nSPS) is 17.6. The molecule has 1 unspecified atom stereocenters. The molecule has 146 valence electrons. The molecule has 0 aliphatic carbocycles. The van der Waals surface area contributed by atoms with E-state index in [2.05, 4.69) is 21.6 Å². The summed E-state index contributed by atoms with van der Waals surface area (Å²) in [5.74, 6) is 0.331. The fourth-order valence-corrected chi connectivity index (χ4v) is 3.41. The van der Waals surface area contributed by atoms with E-state index in [4.69, 9.17) is 10.5 Å². The van der Waals surface area contributed by atoms with Crippen LogP contribution in [-0.4, -0.2) is 40.2 Å². The van der Waals surface area contributed by atoms with Crippen molar-refractivity contribution in [1.29, 1.82) is 0 Å². The summed E-state index contributed by atoms with van der Waals surface area (Å²) < 4.78 is 32.6. The molecule has 0 radical (unpaired) electrons. The Kier molecular flexibility index (Phi) is 9.55. The van der Waals surface area contributed by atoms with Gasteiger partial charge in [-0.3, -0.25) is 0 Å². The summed E-state index contributed by atoms with van der Waals surface area (Å²) in [6, 6.07) is 6.60. The SMILES string of the molecule is C=C(C)CNC(N)=NCc1ccc(S(=O)(=O)NCC2CCCO2)cc1.I. The van der Waals surface area contributed by atoms with Gasteiger partial charge in [-0.1, -0.05) is 24.3 Å². The number of nitrogens with two attached hydrogens (primary N) is 1. The van der Waals surface area contributed by atoms with E-state index in [1.807, 2.05) is 6.92 Å². The predicted molar refractivity (Wildman–Crippen MR) is 114 cm³/mol. The van der Waals surface area contributed by atoms with Crippen LogP contribution < -0.4 is 15.8 Å². The first kappa shape index (κ1) is 22.9. The molecule has 1 heterocycles. The average Bonchev–Trinajstić information content (AvgIpc) is 3.10. The van der Waals surface area contributed by atoms with Crippen LogP contribution in [0.15, 0.2) is 46.3 Å². The first-order chi connectivity index (χ1) is 11.9. The third-order valence-electron chi connectivity index (χ3n) is 3.76. The van der Waals surface area contributed by atoms with Crippen molar-refractivity contribution in [3.8, 4) is 0 Å². The lowest BCUT2D eigenvalue weighted by Crippen LogP contribution is -2.32. The molecule has 0 saturated carbocycles. The second kappa shape index (κ2) is 10.9. The van der Waals surface area contributed by atoms with E-state index >= 15 is 0 Å². The first-order valence-corrected chi connectivity index (χ1v) is 9.73. The summed E-state index contributed by atoms with van der Waals surface area (Å²) in [7, 11) is -3.53. The Hall–Kier alpha value is -1.17. The average molecular weight is 494 g/mol. The van der Waals surface area contributed by atoms with Crippen LogP contribution in [0, 0.1) is 0 Å². The minimum atomic E-state index is -3.53. The van der Waals surface area contributed by atoms with Crippen molar-refractivity contribution in [2.24, 2.45) is 10.7 Å². The summed E-state index contributed by atoms with van der Waals surface area (Å²) in [5, 5.41) is 2.94. The summed E-state index contributed by atoms with van der Waals surface area (Å²) in [4.78, 5) is 4.44. The molecule has 1 aliphatic rings. The minimum Gasteiger partial charge on any atom is -0.377 e. The highest BCUT2D eigenvalue weighted by molar-refractivity contribution is 14.0. The second-order valence-electron chi connectivity index (χ2n) is 6.14. The lowest BCUT2D eigenvalue weighted by atomic mass is 10.2. The lowest BCUT2D eigenvalue weighted by molar-refractivity contribution is 0.114. The second-order valence-corrected chi connectivity index (χ2v) is 7.91. The molecular weight excluding hydrogens is 467 g/mol. The van der Waals surface area contributed by atoms with Crippen LogP contribution in [0.5, 0.6) is 0 Å². The van der Waals surface area contributed by atoms with Gasteiger partial charge in [-0.15, -0.1) is 24.0 Å². The Morgan fingerprint density at radius 1 is 1.38 bits per heavy atom. The standard InChI is InChI=1S/C17H26N4O3S.HI/c1-13(2)10-19-17(18)20-11-14-5-7-16(8-6-14)25(22,23)21-12-15-4-3-9-24-15;/h5-8,15,21H,1,3-4,9-12H2,2H3,(H3,18,19,20);1H. The highest BCUT2D eigenvalue weighted by Gasteiger charge is 2.20. The zero-order chi connectivity index (χ0) is 18.3. The number of aliphatic imine (C=N–C) groups is 1. The van der Waals surface area contributed by atoms with Gasteiger partial charge < -0.3 is 15.8 Å². The molecule has 9 heteroatoms. The van der Waals surface area contributed by atoms with Gasteiger partial charge >= 0.3 is 0 Å². The zero-order valence-corrected chi connectivity index (χ0v) is 18.0. The van der Waals surface area contributed by atoms with E-state index < -0.39 is 10.0 Å². The quantitative estimate of drug-likeness (QED) is 0.221. The van der Waals surface area contributed by atoms with Gasteiger partial charge in [0.1, 0.15) is 0 Å². The molecule has 1 fully saturated rings. The molecule has 1 atom stereocenters.